The van der Waals surface area contributed by atoms with Gasteiger partial charge in [0, 0.05) is 12.2 Å². The average molecular weight is 294 g/mol. The molecule has 0 aromatic rings. The van der Waals surface area contributed by atoms with Crippen LogP contribution in [0.3, 0.4) is 0 Å². The summed E-state index contributed by atoms with van der Waals surface area (Å²) in [5.74, 6) is -1.23. The number of hydrogen-bond donors (Lipinski definition) is 1. The van der Waals surface area contributed by atoms with Gasteiger partial charge in [-0.2, -0.15) is 0 Å². The van der Waals surface area contributed by atoms with E-state index in [2.05, 4.69) is 5.32 Å². The van der Waals surface area contributed by atoms with Gasteiger partial charge in [0.25, 0.3) is 5.91 Å². The number of methoxy groups -OCH3 is 1. The van der Waals surface area contributed by atoms with Crippen LogP contribution in [-0.4, -0.2) is 42.5 Å². The van der Waals surface area contributed by atoms with E-state index < -0.39 is 17.8 Å². The normalized spacial score (nSPS) is 21.3. The van der Waals surface area contributed by atoms with Crippen LogP contribution in [0, 0.1) is 0 Å². The lowest BCUT2D eigenvalue weighted by molar-refractivity contribution is -0.142. The first-order valence-corrected chi connectivity index (χ1v) is 6.80. The van der Waals surface area contributed by atoms with Gasteiger partial charge >= 0.3 is 11.9 Å². The fourth-order valence-corrected chi connectivity index (χ4v) is 2.43. The van der Waals surface area contributed by atoms with Crippen molar-refractivity contribution in [2.24, 2.45) is 0 Å². The molecule has 0 saturated carbocycles. The summed E-state index contributed by atoms with van der Waals surface area (Å²) in [5, 5.41) is 2.86. The van der Waals surface area contributed by atoms with Crippen molar-refractivity contribution in [3.05, 3.63) is 23.2 Å². The van der Waals surface area contributed by atoms with E-state index in [1.54, 1.807) is 6.92 Å². The van der Waals surface area contributed by atoms with Crippen LogP contribution in [0.2, 0.25) is 0 Å². The Morgan fingerprint density at radius 3 is 2.76 bits per heavy atom. The summed E-state index contributed by atoms with van der Waals surface area (Å²) in [6, 6.07) is -0.119. The fourth-order valence-electron chi connectivity index (χ4n) is 2.43. The van der Waals surface area contributed by atoms with Crippen molar-refractivity contribution in [1.29, 1.82) is 0 Å². The van der Waals surface area contributed by atoms with Crippen molar-refractivity contribution in [2.45, 2.75) is 32.7 Å². The molecule has 21 heavy (non-hydrogen) atoms. The van der Waals surface area contributed by atoms with Gasteiger partial charge in [0.1, 0.15) is 11.4 Å². The molecule has 1 N–H and O–H groups in total. The van der Waals surface area contributed by atoms with E-state index in [0.717, 1.165) is 0 Å². The third-order valence-corrected chi connectivity index (χ3v) is 3.51. The molecule has 1 amide bonds. The predicted octanol–water partition coefficient (Wildman–Crippen LogP) is 0.432. The topological polar surface area (TPSA) is 84.9 Å². The van der Waals surface area contributed by atoms with E-state index in [0.29, 0.717) is 24.2 Å². The highest BCUT2D eigenvalue weighted by atomic mass is 16.5. The van der Waals surface area contributed by atoms with Crippen LogP contribution in [0.1, 0.15) is 26.7 Å². The van der Waals surface area contributed by atoms with Gasteiger partial charge in [-0.3, -0.25) is 9.69 Å². The summed E-state index contributed by atoms with van der Waals surface area (Å²) < 4.78 is 9.59. The third kappa shape index (κ3) is 2.63. The van der Waals surface area contributed by atoms with Gasteiger partial charge in [0.15, 0.2) is 0 Å². The zero-order valence-corrected chi connectivity index (χ0v) is 12.3. The summed E-state index contributed by atoms with van der Waals surface area (Å²) in [5.41, 5.74) is 0.335. The smallest absolute Gasteiger partial charge is 0.345 e. The lowest BCUT2D eigenvalue weighted by Gasteiger charge is -2.38. The SMILES string of the molecule is CCOC(=O)C1=CNC2=C(C(=O)OC)CCC(C)N2C1=O. The molecule has 2 aliphatic heterocycles. The third-order valence-electron chi connectivity index (χ3n) is 3.51. The minimum absolute atomic E-state index is 0.0708. The molecule has 0 bridgehead atoms. The summed E-state index contributed by atoms with van der Waals surface area (Å²) in [6.45, 7) is 3.72. The van der Waals surface area contributed by atoms with Crippen LogP contribution in [0.15, 0.2) is 23.2 Å². The van der Waals surface area contributed by atoms with Gasteiger partial charge < -0.3 is 14.8 Å². The van der Waals surface area contributed by atoms with E-state index in [9.17, 15) is 14.4 Å². The van der Waals surface area contributed by atoms with E-state index in [4.69, 9.17) is 9.47 Å². The van der Waals surface area contributed by atoms with Crippen LogP contribution in [0.4, 0.5) is 0 Å². The number of carbonyl (C=O) groups is 3. The minimum atomic E-state index is -0.675. The second kappa shape index (κ2) is 5.99. The molecule has 0 aromatic carbocycles. The van der Waals surface area contributed by atoms with Crippen molar-refractivity contribution in [3.63, 3.8) is 0 Å². The Balaban J connectivity index is 2.40. The second-order valence-corrected chi connectivity index (χ2v) is 4.80. The summed E-state index contributed by atoms with van der Waals surface area (Å²) >= 11 is 0. The van der Waals surface area contributed by atoms with Crippen LogP contribution in [0.25, 0.3) is 0 Å². The molecule has 2 rings (SSSR count). The van der Waals surface area contributed by atoms with E-state index in [1.807, 2.05) is 6.92 Å². The molecule has 7 heteroatoms. The number of nitrogens with one attached hydrogen (secondary N) is 1. The second-order valence-electron chi connectivity index (χ2n) is 4.80. The van der Waals surface area contributed by atoms with Crippen molar-refractivity contribution in [2.75, 3.05) is 13.7 Å². The molecule has 114 valence electrons. The molecule has 0 saturated heterocycles. The van der Waals surface area contributed by atoms with Crippen molar-refractivity contribution < 1.29 is 23.9 Å². The number of nitrogens with zero attached hydrogens (tertiary/aromatic N) is 1. The molecular weight excluding hydrogens is 276 g/mol. The zero-order valence-electron chi connectivity index (χ0n) is 12.3. The largest absolute Gasteiger partial charge is 0.466 e. The van der Waals surface area contributed by atoms with Gasteiger partial charge in [-0.1, -0.05) is 0 Å². The highest BCUT2D eigenvalue weighted by Gasteiger charge is 2.39. The Morgan fingerprint density at radius 2 is 2.14 bits per heavy atom. The van der Waals surface area contributed by atoms with Gasteiger partial charge in [0.05, 0.1) is 19.3 Å². The Bertz CT molecular complexity index is 550. The number of hydrogen-bond acceptors (Lipinski definition) is 6. The first kappa shape index (κ1) is 15.1. The number of esters is 2. The monoisotopic (exact) mass is 294 g/mol. The molecule has 7 nitrogen and oxygen atoms in total. The van der Waals surface area contributed by atoms with Gasteiger partial charge in [-0.25, -0.2) is 9.59 Å². The van der Waals surface area contributed by atoms with Crippen molar-refractivity contribution in [1.82, 2.24) is 10.2 Å². The Kier molecular flexibility index (Phi) is 4.30. The summed E-state index contributed by atoms with van der Waals surface area (Å²) in [6.07, 6.45) is 2.42. The summed E-state index contributed by atoms with van der Waals surface area (Å²) in [4.78, 5) is 37.5. The van der Waals surface area contributed by atoms with Gasteiger partial charge in [-0.05, 0) is 26.7 Å². The number of amides is 1. The maximum absolute atomic E-state index is 12.5. The molecule has 0 spiro atoms. The first-order valence-electron chi connectivity index (χ1n) is 6.80. The number of ether oxygens (including phenoxy) is 2. The molecule has 0 radical (unpaired) electrons. The highest BCUT2D eigenvalue weighted by molar-refractivity contribution is 6.17. The van der Waals surface area contributed by atoms with E-state index in [-0.39, 0.29) is 18.2 Å². The van der Waals surface area contributed by atoms with Crippen LogP contribution in [0.5, 0.6) is 0 Å². The van der Waals surface area contributed by atoms with E-state index >= 15 is 0 Å². The number of fused-ring (bicyclic) bond motifs is 1. The van der Waals surface area contributed by atoms with Crippen LogP contribution in [-0.2, 0) is 23.9 Å². The molecule has 1 atom stereocenters. The van der Waals surface area contributed by atoms with Crippen molar-refractivity contribution in [3.8, 4) is 0 Å². The zero-order chi connectivity index (χ0) is 15.6. The van der Waals surface area contributed by atoms with Gasteiger partial charge in [0.2, 0.25) is 0 Å². The molecule has 1 unspecified atom stereocenters. The minimum Gasteiger partial charge on any atom is -0.466 e. The molecule has 0 fully saturated rings. The Hall–Kier alpha value is -2.31. The predicted molar refractivity (Wildman–Crippen MR) is 72.4 cm³/mol. The molecule has 2 heterocycles. The molecule has 0 aliphatic carbocycles. The van der Waals surface area contributed by atoms with Crippen LogP contribution >= 0.6 is 0 Å². The molecule has 2 aliphatic rings. The molecule has 0 aromatic heterocycles. The Labute approximate surface area is 122 Å². The maximum atomic E-state index is 12.5. The maximum Gasteiger partial charge on any atom is 0.345 e. The summed E-state index contributed by atoms with van der Waals surface area (Å²) in [7, 11) is 1.29. The lowest BCUT2D eigenvalue weighted by Crippen LogP contribution is -2.50. The standard InChI is InChI=1S/C14H18N2O5/c1-4-21-14(19)10-7-15-11-9(13(18)20-3)6-5-8(2)16(11)12(10)17/h7-8,15H,4-6H2,1-3H3. The first-order chi connectivity index (χ1) is 10.0. The van der Waals surface area contributed by atoms with Crippen LogP contribution < -0.4 is 5.32 Å². The lowest BCUT2D eigenvalue weighted by atomic mass is 9.97. The molecular formula is C14H18N2O5. The Morgan fingerprint density at radius 1 is 1.43 bits per heavy atom. The van der Waals surface area contributed by atoms with Gasteiger partial charge in [-0.15, -0.1) is 0 Å². The highest BCUT2D eigenvalue weighted by Crippen LogP contribution is 2.30. The van der Waals surface area contributed by atoms with E-state index in [1.165, 1.54) is 18.2 Å². The number of carbonyl (C=O) groups excluding carboxylic acids is 3. The van der Waals surface area contributed by atoms with Crippen molar-refractivity contribution >= 4 is 17.8 Å². The number of rotatable bonds is 3. The fraction of sp³-hybridized carbons (Fsp3) is 0.500. The average Bonchev–Trinajstić information content (AvgIpc) is 2.47. The quantitative estimate of drug-likeness (QED) is 0.600.